The fraction of sp³-hybridized carbons (Fsp3) is 0.167. The number of aromatic nitrogens is 1. The molecule has 39 heavy (non-hydrogen) atoms. The van der Waals surface area contributed by atoms with Gasteiger partial charge in [-0.15, -0.1) is 0 Å². The molecule has 0 radical (unpaired) electrons. The Morgan fingerprint density at radius 2 is 1.77 bits per heavy atom. The summed E-state index contributed by atoms with van der Waals surface area (Å²) >= 11 is 13.6. The van der Waals surface area contributed by atoms with Crippen molar-refractivity contribution in [3.05, 3.63) is 130 Å². The summed E-state index contributed by atoms with van der Waals surface area (Å²) in [5.74, 6) is 0.186. The predicted octanol–water partition coefficient (Wildman–Crippen LogP) is 5.68. The molecule has 1 aliphatic heterocycles. The number of benzene rings is 3. The van der Waals surface area contributed by atoms with Crippen molar-refractivity contribution >= 4 is 46.6 Å². The number of nitrogens with zero attached hydrogens (tertiary/aromatic N) is 2. The molecule has 1 aliphatic rings. The van der Waals surface area contributed by atoms with Gasteiger partial charge < -0.3 is 9.47 Å². The lowest BCUT2D eigenvalue weighted by molar-refractivity contribution is -0.139. The topological polar surface area (TPSA) is 69.9 Å². The highest BCUT2D eigenvalue weighted by molar-refractivity contribution is 7.07. The third kappa shape index (κ3) is 5.71. The maximum atomic E-state index is 13.7. The first-order valence-corrected chi connectivity index (χ1v) is 13.8. The van der Waals surface area contributed by atoms with Crippen LogP contribution in [0, 0.1) is 0 Å². The summed E-state index contributed by atoms with van der Waals surface area (Å²) < 4.78 is 13.2. The maximum absolute atomic E-state index is 13.7. The number of hydrogen-bond acceptors (Lipinski definition) is 6. The van der Waals surface area contributed by atoms with E-state index in [9.17, 15) is 9.59 Å². The monoisotopic (exact) mass is 578 g/mol. The number of halogens is 2. The van der Waals surface area contributed by atoms with Gasteiger partial charge in [0.2, 0.25) is 0 Å². The van der Waals surface area contributed by atoms with Crippen molar-refractivity contribution in [3.8, 4) is 5.75 Å². The molecule has 0 unspecified atom stereocenters. The van der Waals surface area contributed by atoms with Gasteiger partial charge in [0.05, 0.1) is 28.5 Å². The Balaban J connectivity index is 1.50. The number of carbonyl (C=O) groups is 1. The van der Waals surface area contributed by atoms with Gasteiger partial charge in [0.15, 0.2) is 4.80 Å². The minimum atomic E-state index is -0.680. The van der Waals surface area contributed by atoms with Crippen LogP contribution in [0.4, 0.5) is 0 Å². The van der Waals surface area contributed by atoms with Crippen LogP contribution in [-0.2, 0) is 16.1 Å². The Hall–Kier alpha value is -3.65. The van der Waals surface area contributed by atoms with Crippen LogP contribution < -0.4 is 19.6 Å². The van der Waals surface area contributed by atoms with Gasteiger partial charge in [-0.2, -0.15) is 0 Å². The summed E-state index contributed by atoms with van der Waals surface area (Å²) in [6, 6.07) is 21.4. The van der Waals surface area contributed by atoms with Gasteiger partial charge in [0.1, 0.15) is 12.4 Å². The van der Waals surface area contributed by atoms with E-state index in [0.717, 1.165) is 16.7 Å². The van der Waals surface area contributed by atoms with Gasteiger partial charge in [-0.1, -0.05) is 77.0 Å². The first-order chi connectivity index (χ1) is 18.9. The Bertz CT molecular complexity index is 1740. The molecule has 6 nitrogen and oxygen atoms in total. The average molecular weight is 580 g/mol. The third-order valence-corrected chi connectivity index (χ3v) is 7.84. The number of allylic oxidation sites excluding steroid dienone is 1. The van der Waals surface area contributed by atoms with E-state index in [0.29, 0.717) is 43.0 Å². The summed E-state index contributed by atoms with van der Waals surface area (Å²) in [6.07, 6.45) is 1.81. The number of thiazole rings is 1. The fourth-order valence-electron chi connectivity index (χ4n) is 4.34. The van der Waals surface area contributed by atoms with E-state index in [2.05, 4.69) is 4.99 Å². The molecule has 0 bridgehead atoms. The van der Waals surface area contributed by atoms with E-state index in [1.54, 1.807) is 30.5 Å². The van der Waals surface area contributed by atoms with Gasteiger partial charge >= 0.3 is 5.97 Å². The molecule has 3 aromatic carbocycles. The first-order valence-electron chi connectivity index (χ1n) is 12.3. The van der Waals surface area contributed by atoms with Crippen molar-refractivity contribution in [3.63, 3.8) is 0 Å². The van der Waals surface area contributed by atoms with E-state index in [1.807, 2.05) is 66.7 Å². The Kier molecular flexibility index (Phi) is 8.02. The molecule has 0 saturated heterocycles. The largest absolute Gasteiger partial charge is 0.489 e. The van der Waals surface area contributed by atoms with Crippen LogP contribution in [-0.4, -0.2) is 17.1 Å². The van der Waals surface area contributed by atoms with Crippen LogP contribution >= 0.6 is 34.5 Å². The van der Waals surface area contributed by atoms with Crippen LogP contribution in [0.2, 0.25) is 10.0 Å². The molecule has 0 N–H and O–H groups in total. The number of hydrogen-bond donors (Lipinski definition) is 0. The molecule has 2 heterocycles. The molecule has 0 aliphatic carbocycles. The quantitative estimate of drug-likeness (QED) is 0.264. The zero-order valence-electron chi connectivity index (χ0n) is 21.2. The van der Waals surface area contributed by atoms with Crippen molar-refractivity contribution in [2.45, 2.75) is 26.5 Å². The summed E-state index contributed by atoms with van der Waals surface area (Å²) in [5, 5.41) is 1.21. The Morgan fingerprint density at radius 1 is 1.05 bits per heavy atom. The van der Waals surface area contributed by atoms with E-state index in [1.165, 1.54) is 11.3 Å². The number of rotatable bonds is 7. The standard InChI is InChI=1S/C30H24Cl2N2O4S/c1-3-37-29(36)26-18(2)33-30-34(27(26)20-10-12-22(31)13-11-20)28(35)25(39-30)16-19-8-14-23(15-9-19)38-17-21-6-4-5-7-24(21)32/h4-16,27H,3,17H2,1-2H3/b25-16+/t27-/m0/s1. The molecule has 1 atom stereocenters. The normalized spacial score (nSPS) is 15.1. The second kappa shape index (κ2) is 11.6. The number of carbonyl (C=O) groups excluding carboxylic acids is 1. The molecule has 4 aromatic rings. The molecule has 1 aromatic heterocycles. The number of ether oxygens (including phenoxy) is 2. The van der Waals surface area contributed by atoms with Crippen LogP contribution in [0.1, 0.15) is 36.6 Å². The van der Waals surface area contributed by atoms with Crippen molar-refractivity contribution in [1.29, 1.82) is 0 Å². The zero-order valence-corrected chi connectivity index (χ0v) is 23.5. The van der Waals surface area contributed by atoms with Gasteiger partial charge in [0.25, 0.3) is 5.56 Å². The van der Waals surface area contributed by atoms with Gasteiger partial charge in [-0.25, -0.2) is 9.79 Å². The smallest absolute Gasteiger partial charge is 0.338 e. The minimum absolute atomic E-state index is 0.214. The minimum Gasteiger partial charge on any atom is -0.489 e. The highest BCUT2D eigenvalue weighted by Crippen LogP contribution is 2.31. The van der Waals surface area contributed by atoms with Crippen molar-refractivity contribution in [2.75, 3.05) is 6.61 Å². The third-order valence-electron chi connectivity index (χ3n) is 6.23. The summed E-state index contributed by atoms with van der Waals surface area (Å²) in [4.78, 5) is 31.8. The van der Waals surface area contributed by atoms with Crippen molar-refractivity contribution in [2.24, 2.45) is 4.99 Å². The molecule has 0 fully saturated rings. The average Bonchev–Trinajstić information content (AvgIpc) is 3.23. The van der Waals surface area contributed by atoms with E-state index in [4.69, 9.17) is 32.7 Å². The van der Waals surface area contributed by atoms with Crippen LogP contribution in [0.25, 0.3) is 6.08 Å². The van der Waals surface area contributed by atoms with E-state index >= 15 is 0 Å². The number of fused-ring (bicyclic) bond motifs is 1. The second-order valence-electron chi connectivity index (χ2n) is 8.80. The number of esters is 1. The lowest BCUT2D eigenvalue weighted by Gasteiger charge is -2.24. The Labute approximate surface area is 239 Å². The highest BCUT2D eigenvalue weighted by atomic mass is 35.5. The molecular formula is C30H24Cl2N2O4S. The molecule has 198 valence electrons. The zero-order chi connectivity index (χ0) is 27.5. The summed E-state index contributed by atoms with van der Waals surface area (Å²) in [7, 11) is 0. The van der Waals surface area contributed by atoms with Crippen LogP contribution in [0.3, 0.4) is 0 Å². The molecule has 0 spiro atoms. The van der Waals surface area contributed by atoms with Crippen LogP contribution in [0.15, 0.2) is 93.9 Å². The van der Waals surface area contributed by atoms with Gasteiger partial charge in [-0.3, -0.25) is 9.36 Å². The summed E-state index contributed by atoms with van der Waals surface area (Å²) in [5.41, 5.74) is 3.07. The molecule has 0 amide bonds. The molecule has 0 saturated carbocycles. The molecule has 9 heteroatoms. The Morgan fingerprint density at radius 3 is 2.46 bits per heavy atom. The molecular weight excluding hydrogens is 555 g/mol. The SMILES string of the molecule is CCOC(=O)C1=C(C)N=c2s/c(=C/c3ccc(OCc4ccccc4Cl)cc3)c(=O)n2[C@H]1c1ccc(Cl)cc1. The second-order valence-corrected chi connectivity index (χ2v) is 10.7. The van der Waals surface area contributed by atoms with Gasteiger partial charge in [0, 0.05) is 15.6 Å². The lowest BCUT2D eigenvalue weighted by atomic mass is 9.96. The summed E-state index contributed by atoms with van der Waals surface area (Å²) in [6.45, 7) is 4.07. The maximum Gasteiger partial charge on any atom is 0.338 e. The van der Waals surface area contributed by atoms with Crippen molar-refractivity contribution < 1.29 is 14.3 Å². The van der Waals surface area contributed by atoms with E-state index in [-0.39, 0.29) is 12.2 Å². The lowest BCUT2D eigenvalue weighted by Crippen LogP contribution is -2.39. The highest BCUT2D eigenvalue weighted by Gasteiger charge is 2.33. The predicted molar refractivity (Wildman–Crippen MR) is 154 cm³/mol. The molecule has 5 rings (SSSR count). The van der Waals surface area contributed by atoms with Gasteiger partial charge in [-0.05, 0) is 61.4 Å². The van der Waals surface area contributed by atoms with E-state index < -0.39 is 12.0 Å². The van der Waals surface area contributed by atoms with Crippen molar-refractivity contribution in [1.82, 2.24) is 4.57 Å². The first kappa shape index (κ1) is 26.9. The van der Waals surface area contributed by atoms with Crippen LogP contribution in [0.5, 0.6) is 5.75 Å². The fourth-order valence-corrected chi connectivity index (χ4v) is 5.70.